The molecule has 1 unspecified atom stereocenters. The maximum absolute atomic E-state index is 12.9. The highest BCUT2D eigenvalue weighted by atomic mass is 16.2. The van der Waals surface area contributed by atoms with E-state index < -0.39 is 0 Å². The predicted octanol–water partition coefficient (Wildman–Crippen LogP) is 1.13. The van der Waals surface area contributed by atoms with E-state index in [9.17, 15) is 9.59 Å². The van der Waals surface area contributed by atoms with Gasteiger partial charge in [0.05, 0.1) is 6.54 Å². The minimum Gasteiger partial charge on any atom is -0.343 e. The van der Waals surface area contributed by atoms with Crippen LogP contribution in [0.3, 0.4) is 0 Å². The molecular weight excluding hydrogens is 354 g/mol. The molecular formula is C21H33N5O2. The van der Waals surface area contributed by atoms with Crippen LogP contribution in [0, 0.1) is 5.92 Å². The van der Waals surface area contributed by atoms with Crippen LogP contribution in [0.2, 0.25) is 0 Å². The fourth-order valence-electron chi connectivity index (χ4n) is 4.03. The number of piperazine rings is 1. The first kappa shape index (κ1) is 20.7. The number of carbonyl (C=O) groups is 2. The summed E-state index contributed by atoms with van der Waals surface area (Å²) in [5.74, 6) is 0.415. The van der Waals surface area contributed by atoms with Gasteiger partial charge in [0.15, 0.2) is 0 Å². The third-order valence-electron chi connectivity index (χ3n) is 6.08. The molecule has 0 spiro atoms. The number of amides is 2. The van der Waals surface area contributed by atoms with E-state index in [1.807, 2.05) is 43.0 Å². The van der Waals surface area contributed by atoms with Crippen LogP contribution >= 0.6 is 0 Å². The zero-order valence-electron chi connectivity index (χ0n) is 17.3. The molecule has 0 aromatic carbocycles. The Morgan fingerprint density at radius 3 is 2.68 bits per heavy atom. The number of hydrogen-bond donors (Lipinski definition) is 1. The van der Waals surface area contributed by atoms with Crippen molar-refractivity contribution in [3.63, 3.8) is 0 Å². The van der Waals surface area contributed by atoms with Gasteiger partial charge in [-0.3, -0.25) is 19.5 Å². The summed E-state index contributed by atoms with van der Waals surface area (Å²) >= 11 is 0. The first-order valence-corrected chi connectivity index (χ1v) is 10.4. The number of rotatable bonds is 5. The van der Waals surface area contributed by atoms with E-state index in [1.54, 1.807) is 6.20 Å². The Kier molecular flexibility index (Phi) is 7.02. The van der Waals surface area contributed by atoms with Crippen LogP contribution in [0.5, 0.6) is 0 Å². The summed E-state index contributed by atoms with van der Waals surface area (Å²) in [6, 6.07) is 4.40. The number of piperidine rings is 1. The van der Waals surface area contributed by atoms with Gasteiger partial charge in [0.1, 0.15) is 0 Å². The van der Waals surface area contributed by atoms with E-state index in [-0.39, 0.29) is 29.8 Å². The molecule has 0 radical (unpaired) electrons. The second-order valence-electron chi connectivity index (χ2n) is 8.17. The average Bonchev–Trinajstić information content (AvgIpc) is 2.73. The lowest BCUT2D eigenvalue weighted by atomic mass is 9.95. The average molecular weight is 388 g/mol. The Morgan fingerprint density at radius 1 is 1.29 bits per heavy atom. The van der Waals surface area contributed by atoms with E-state index in [0.717, 1.165) is 38.0 Å². The SMILES string of the molecule is CC(C)N(C)C(=O)C1CCN(C(=O)CN2CCNCC2c2cccnc2)CC1. The fourth-order valence-corrected chi connectivity index (χ4v) is 4.03. The van der Waals surface area contributed by atoms with E-state index in [4.69, 9.17) is 0 Å². The fraction of sp³-hybridized carbons (Fsp3) is 0.667. The van der Waals surface area contributed by atoms with Crippen molar-refractivity contribution >= 4 is 11.8 Å². The third kappa shape index (κ3) is 4.89. The van der Waals surface area contributed by atoms with Crippen LogP contribution in [-0.2, 0) is 9.59 Å². The van der Waals surface area contributed by atoms with E-state index in [0.29, 0.717) is 19.6 Å². The van der Waals surface area contributed by atoms with Crippen LogP contribution in [0.15, 0.2) is 24.5 Å². The first-order chi connectivity index (χ1) is 13.5. The van der Waals surface area contributed by atoms with E-state index >= 15 is 0 Å². The topological polar surface area (TPSA) is 68.8 Å². The van der Waals surface area contributed by atoms with Gasteiger partial charge >= 0.3 is 0 Å². The van der Waals surface area contributed by atoms with Crippen molar-refractivity contribution in [1.29, 1.82) is 0 Å². The standard InChI is InChI=1S/C21H33N5O2/c1-16(2)24(3)21(28)17-6-10-25(11-7-17)20(27)15-26-12-9-23-14-19(26)18-5-4-8-22-13-18/h4-5,8,13,16-17,19,23H,6-7,9-12,14-15H2,1-3H3. The molecule has 0 bridgehead atoms. The Labute approximate surface area is 168 Å². The molecule has 2 amide bonds. The van der Waals surface area contributed by atoms with Gasteiger partial charge in [-0.15, -0.1) is 0 Å². The summed E-state index contributed by atoms with van der Waals surface area (Å²) in [7, 11) is 1.87. The Hall–Kier alpha value is -1.99. The number of nitrogens with zero attached hydrogens (tertiary/aromatic N) is 4. The molecule has 3 heterocycles. The summed E-state index contributed by atoms with van der Waals surface area (Å²) in [6.07, 6.45) is 5.18. The second kappa shape index (κ2) is 9.47. The molecule has 1 atom stereocenters. The van der Waals surface area contributed by atoms with Crippen molar-refractivity contribution < 1.29 is 9.59 Å². The van der Waals surface area contributed by atoms with Gasteiger partial charge < -0.3 is 15.1 Å². The molecule has 2 saturated heterocycles. The molecule has 2 aliphatic rings. The Morgan fingerprint density at radius 2 is 2.04 bits per heavy atom. The Balaban J connectivity index is 1.54. The molecule has 154 valence electrons. The number of carbonyl (C=O) groups excluding carboxylic acids is 2. The molecule has 7 heteroatoms. The zero-order valence-corrected chi connectivity index (χ0v) is 17.3. The molecule has 28 heavy (non-hydrogen) atoms. The quantitative estimate of drug-likeness (QED) is 0.820. The van der Waals surface area contributed by atoms with Crippen molar-refractivity contribution in [3.8, 4) is 0 Å². The molecule has 1 aromatic heterocycles. The van der Waals surface area contributed by atoms with Crippen molar-refractivity contribution in [2.45, 2.75) is 38.8 Å². The highest BCUT2D eigenvalue weighted by Crippen LogP contribution is 2.23. The molecule has 0 aliphatic carbocycles. The molecule has 0 saturated carbocycles. The van der Waals surface area contributed by atoms with Gasteiger partial charge in [-0.25, -0.2) is 0 Å². The smallest absolute Gasteiger partial charge is 0.236 e. The molecule has 2 fully saturated rings. The van der Waals surface area contributed by atoms with Crippen LogP contribution in [0.4, 0.5) is 0 Å². The highest BCUT2D eigenvalue weighted by Gasteiger charge is 2.32. The number of nitrogens with one attached hydrogen (secondary N) is 1. The normalized spacial score (nSPS) is 21.7. The van der Waals surface area contributed by atoms with Gasteiger partial charge in [0.25, 0.3) is 0 Å². The first-order valence-electron chi connectivity index (χ1n) is 10.4. The zero-order chi connectivity index (χ0) is 20.1. The lowest BCUT2D eigenvalue weighted by molar-refractivity contribution is -0.141. The lowest BCUT2D eigenvalue weighted by Crippen LogP contribution is -2.51. The minimum absolute atomic E-state index is 0.0405. The van der Waals surface area contributed by atoms with Gasteiger partial charge in [0, 0.05) is 70.2 Å². The van der Waals surface area contributed by atoms with Crippen molar-refractivity contribution in [2.75, 3.05) is 46.3 Å². The molecule has 2 aliphatic heterocycles. The lowest BCUT2D eigenvalue weighted by Gasteiger charge is -2.38. The molecule has 7 nitrogen and oxygen atoms in total. The summed E-state index contributed by atoms with van der Waals surface area (Å²) in [5.41, 5.74) is 1.14. The van der Waals surface area contributed by atoms with Crippen molar-refractivity contribution in [1.82, 2.24) is 25.0 Å². The number of pyridine rings is 1. The van der Waals surface area contributed by atoms with Crippen molar-refractivity contribution in [2.24, 2.45) is 5.92 Å². The highest BCUT2D eigenvalue weighted by molar-refractivity contribution is 5.81. The van der Waals surface area contributed by atoms with E-state index in [1.165, 1.54) is 0 Å². The van der Waals surface area contributed by atoms with Crippen LogP contribution in [0.1, 0.15) is 38.3 Å². The summed E-state index contributed by atoms with van der Waals surface area (Å²) in [5, 5.41) is 3.42. The number of aromatic nitrogens is 1. The number of hydrogen-bond acceptors (Lipinski definition) is 5. The monoisotopic (exact) mass is 387 g/mol. The Bertz CT molecular complexity index is 658. The third-order valence-corrected chi connectivity index (χ3v) is 6.08. The largest absolute Gasteiger partial charge is 0.343 e. The van der Waals surface area contributed by atoms with Gasteiger partial charge in [-0.2, -0.15) is 0 Å². The van der Waals surface area contributed by atoms with Gasteiger partial charge in [0.2, 0.25) is 11.8 Å². The van der Waals surface area contributed by atoms with Crippen LogP contribution in [0.25, 0.3) is 0 Å². The second-order valence-corrected chi connectivity index (χ2v) is 8.17. The van der Waals surface area contributed by atoms with Gasteiger partial charge in [-0.1, -0.05) is 6.07 Å². The number of likely N-dealkylation sites (tertiary alicyclic amines) is 1. The van der Waals surface area contributed by atoms with Crippen molar-refractivity contribution in [3.05, 3.63) is 30.1 Å². The summed E-state index contributed by atoms with van der Waals surface area (Å²) < 4.78 is 0. The maximum Gasteiger partial charge on any atom is 0.236 e. The minimum atomic E-state index is 0.0405. The molecule has 1 N–H and O–H groups in total. The van der Waals surface area contributed by atoms with Crippen LogP contribution < -0.4 is 5.32 Å². The predicted molar refractivity (Wildman–Crippen MR) is 109 cm³/mol. The summed E-state index contributed by atoms with van der Waals surface area (Å²) in [4.78, 5) is 35.7. The van der Waals surface area contributed by atoms with Crippen LogP contribution in [-0.4, -0.2) is 83.9 Å². The van der Waals surface area contributed by atoms with E-state index in [2.05, 4.69) is 21.3 Å². The summed E-state index contributed by atoms with van der Waals surface area (Å²) in [6.45, 7) is 8.39. The van der Waals surface area contributed by atoms with Gasteiger partial charge in [-0.05, 0) is 38.3 Å². The maximum atomic E-state index is 12.9. The molecule has 3 rings (SSSR count). The molecule has 1 aromatic rings.